The fourth-order valence-electron chi connectivity index (χ4n) is 3.03. The Hall–Kier alpha value is -1.85. The van der Waals surface area contributed by atoms with Crippen molar-refractivity contribution in [2.45, 2.75) is 27.3 Å². The molecule has 0 aliphatic carbocycles. The predicted octanol–water partition coefficient (Wildman–Crippen LogP) is 2.40. The molecule has 2 aromatic rings. The third kappa shape index (κ3) is 3.32. The number of aryl methyl sites for hydroxylation is 2. The maximum absolute atomic E-state index is 12.3. The summed E-state index contributed by atoms with van der Waals surface area (Å²) in [6.45, 7) is 8.38. The van der Waals surface area contributed by atoms with Crippen LogP contribution in [-0.2, 0) is 11.3 Å². The standard InChI is InChI=1S/C18H24N4O.ClH/c1-12-7-5-6-8-17(12)22-14(3)16(13(2)20-22)11-21(4)18(23)15-9-19-10-15;/h5-8,15,19H,9-11H2,1-4H3;1H. The summed E-state index contributed by atoms with van der Waals surface area (Å²) in [4.78, 5) is 14.2. The van der Waals surface area contributed by atoms with Crippen LogP contribution in [-0.4, -0.2) is 40.7 Å². The van der Waals surface area contributed by atoms with E-state index in [1.807, 2.05) is 35.7 Å². The van der Waals surface area contributed by atoms with Crippen molar-refractivity contribution in [3.05, 3.63) is 46.8 Å². The van der Waals surface area contributed by atoms with Gasteiger partial charge in [0, 0.05) is 37.9 Å². The summed E-state index contributed by atoms with van der Waals surface area (Å²) in [5, 5.41) is 7.85. The van der Waals surface area contributed by atoms with Gasteiger partial charge in [0.2, 0.25) is 5.91 Å². The number of amides is 1. The molecular formula is C18H25ClN4O. The van der Waals surface area contributed by atoms with Crippen molar-refractivity contribution in [2.24, 2.45) is 5.92 Å². The molecule has 1 amide bonds. The minimum atomic E-state index is 0. The molecule has 1 saturated heterocycles. The number of nitrogens with one attached hydrogen (secondary N) is 1. The van der Waals surface area contributed by atoms with Crippen LogP contribution < -0.4 is 5.32 Å². The predicted molar refractivity (Wildman–Crippen MR) is 97.9 cm³/mol. The van der Waals surface area contributed by atoms with Crippen molar-refractivity contribution >= 4 is 18.3 Å². The number of hydrogen-bond acceptors (Lipinski definition) is 3. The fourth-order valence-corrected chi connectivity index (χ4v) is 3.03. The van der Waals surface area contributed by atoms with Crippen molar-refractivity contribution < 1.29 is 4.79 Å². The van der Waals surface area contributed by atoms with Crippen LogP contribution in [0.4, 0.5) is 0 Å². The van der Waals surface area contributed by atoms with Gasteiger partial charge in [-0.15, -0.1) is 12.4 Å². The number of para-hydroxylation sites is 1. The number of hydrogen-bond donors (Lipinski definition) is 1. The number of carbonyl (C=O) groups is 1. The monoisotopic (exact) mass is 348 g/mol. The molecule has 130 valence electrons. The van der Waals surface area contributed by atoms with E-state index >= 15 is 0 Å². The van der Waals surface area contributed by atoms with E-state index in [-0.39, 0.29) is 24.2 Å². The minimum absolute atomic E-state index is 0. The second-order valence-corrected chi connectivity index (χ2v) is 6.40. The summed E-state index contributed by atoms with van der Waals surface area (Å²) in [6, 6.07) is 8.22. The lowest BCUT2D eigenvalue weighted by atomic mass is 10.0. The molecule has 0 saturated carbocycles. The van der Waals surface area contributed by atoms with Crippen LogP contribution in [0.15, 0.2) is 24.3 Å². The number of carbonyl (C=O) groups excluding carboxylic acids is 1. The molecule has 2 heterocycles. The average molecular weight is 349 g/mol. The Kier molecular flexibility index (Phi) is 5.67. The summed E-state index contributed by atoms with van der Waals surface area (Å²) in [5.74, 6) is 0.346. The van der Waals surface area contributed by atoms with Crippen molar-refractivity contribution in [1.82, 2.24) is 20.0 Å². The Bertz CT molecular complexity index is 737. The number of halogens is 1. The molecule has 24 heavy (non-hydrogen) atoms. The Morgan fingerprint density at radius 3 is 2.54 bits per heavy atom. The molecule has 1 fully saturated rings. The van der Waals surface area contributed by atoms with Gasteiger partial charge in [0.05, 0.1) is 17.3 Å². The zero-order chi connectivity index (χ0) is 16.6. The first kappa shape index (κ1) is 18.5. The minimum Gasteiger partial charge on any atom is -0.341 e. The fraction of sp³-hybridized carbons (Fsp3) is 0.444. The second kappa shape index (κ2) is 7.36. The first-order chi connectivity index (χ1) is 11.0. The number of aromatic nitrogens is 2. The van der Waals surface area contributed by atoms with Gasteiger partial charge in [-0.1, -0.05) is 18.2 Å². The highest BCUT2D eigenvalue weighted by atomic mass is 35.5. The lowest BCUT2D eigenvalue weighted by Crippen LogP contribution is -2.51. The van der Waals surface area contributed by atoms with Crippen LogP contribution in [0, 0.1) is 26.7 Å². The summed E-state index contributed by atoms with van der Waals surface area (Å²) < 4.78 is 1.99. The molecule has 6 heteroatoms. The lowest BCUT2D eigenvalue weighted by molar-refractivity contribution is -0.136. The summed E-state index contributed by atoms with van der Waals surface area (Å²) in [6.07, 6.45) is 0. The molecular weight excluding hydrogens is 324 g/mol. The third-order valence-electron chi connectivity index (χ3n) is 4.69. The molecule has 1 aromatic carbocycles. The average Bonchev–Trinajstić information content (AvgIpc) is 2.74. The third-order valence-corrected chi connectivity index (χ3v) is 4.69. The molecule has 1 N–H and O–H groups in total. The van der Waals surface area contributed by atoms with E-state index in [1.165, 1.54) is 5.56 Å². The molecule has 5 nitrogen and oxygen atoms in total. The van der Waals surface area contributed by atoms with Gasteiger partial charge in [-0.25, -0.2) is 4.68 Å². The van der Waals surface area contributed by atoms with Gasteiger partial charge in [-0.05, 0) is 32.4 Å². The number of rotatable bonds is 4. The molecule has 0 bridgehead atoms. The number of nitrogens with zero attached hydrogens (tertiary/aromatic N) is 3. The maximum atomic E-state index is 12.3. The summed E-state index contributed by atoms with van der Waals surface area (Å²) in [5.41, 5.74) is 5.50. The summed E-state index contributed by atoms with van der Waals surface area (Å²) in [7, 11) is 1.88. The van der Waals surface area contributed by atoms with Crippen molar-refractivity contribution in [2.75, 3.05) is 20.1 Å². The van der Waals surface area contributed by atoms with Gasteiger partial charge in [0.25, 0.3) is 0 Å². The van der Waals surface area contributed by atoms with E-state index in [9.17, 15) is 4.79 Å². The van der Waals surface area contributed by atoms with Crippen LogP contribution in [0.25, 0.3) is 5.69 Å². The molecule has 1 aliphatic heterocycles. The molecule has 0 spiro atoms. The Morgan fingerprint density at radius 1 is 1.29 bits per heavy atom. The van der Waals surface area contributed by atoms with Crippen molar-refractivity contribution in [3.8, 4) is 5.69 Å². The van der Waals surface area contributed by atoms with Gasteiger partial charge >= 0.3 is 0 Å². The largest absolute Gasteiger partial charge is 0.341 e. The zero-order valence-corrected chi connectivity index (χ0v) is 15.5. The van der Waals surface area contributed by atoms with E-state index < -0.39 is 0 Å². The van der Waals surface area contributed by atoms with Crippen molar-refractivity contribution in [3.63, 3.8) is 0 Å². The quantitative estimate of drug-likeness (QED) is 0.923. The van der Waals surface area contributed by atoms with Crippen molar-refractivity contribution in [1.29, 1.82) is 0 Å². The van der Waals surface area contributed by atoms with Gasteiger partial charge < -0.3 is 10.2 Å². The SMILES string of the molecule is Cc1ccccc1-n1nc(C)c(CN(C)C(=O)C2CNC2)c1C.Cl. The van der Waals surface area contributed by atoms with Crippen LogP contribution in [0.3, 0.4) is 0 Å². The molecule has 1 aliphatic rings. The topological polar surface area (TPSA) is 50.2 Å². The highest BCUT2D eigenvalue weighted by molar-refractivity contribution is 5.85. The smallest absolute Gasteiger partial charge is 0.228 e. The lowest BCUT2D eigenvalue weighted by Gasteiger charge is -2.30. The van der Waals surface area contributed by atoms with Gasteiger partial charge in [-0.3, -0.25) is 4.79 Å². The summed E-state index contributed by atoms with van der Waals surface area (Å²) >= 11 is 0. The molecule has 0 radical (unpaired) electrons. The highest BCUT2D eigenvalue weighted by Crippen LogP contribution is 2.22. The van der Waals surface area contributed by atoms with E-state index in [2.05, 4.69) is 31.3 Å². The molecule has 3 rings (SSSR count). The Morgan fingerprint density at radius 2 is 1.96 bits per heavy atom. The van der Waals surface area contributed by atoms with Crippen LogP contribution in [0.2, 0.25) is 0 Å². The van der Waals surface area contributed by atoms with E-state index in [1.54, 1.807) is 0 Å². The van der Waals surface area contributed by atoms with E-state index in [4.69, 9.17) is 5.10 Å². The molecule has 0 atom stereocenters. The second-order valence-electron chi connectivity index (χ2n) is 6.40. The van der Waals surface area contributed by atoms with Gasteiger partial charge in [-0.2, -0.15) is 5.10 Å². The zero-order valence-electron chi connectivity index (χ0n) is 14.7. The normalized spacial score (nSPS) is 14.0. The first-order valence-electron chi connectivity index (χ1n) is 8.06. The van der Waals surface area contributed by atoms with Gasteiger partial charge in [0.15, 0.2) is 0 Å². The van der Waals surface area contributed by atoms with Crippen LogP contribution in [0.5, 0.6) is 0 Å². The van der Waals surface area contributed by atoms with E-state index in [0.29, 0.717) is 6.54 Å². The van der Waals surface area contributed by atoms with Crippen LogP contribution in [0.1, 0.15) is 22.5 Å². The Balaban J connectivity index is 0.00000208. The Labute approximate surface area is 149 Å². The van der Waals surface area contributed by atoms with E-state index in [0.717, 1.165) is 35.7 Å². The molecule has 1 aromatic heterocycles. The highest BCUT2D eigenvalue weighted by Gasteiger charge is 2.28. The van der Waals surface area contributed by atoms with Crippen LogP contribution >= 0.6 is 12.4 Å². The first-order valence-corrected chi connectivity index (χ1v) is 8.06. The number of benzene rings is 1. The maximum Gasteiger partial charge on any atom is 0.228 e. The van der Waals surface area contributed by atoms with Gasteiger partial charge in [0.1, 0.15) is 0 Å². The molecule has 0 unspecified atom stereocenters.